The monoisotopic (exact) mass is 475 g/mol. The molecule has 0 radical (unpaired) electrons. The first kappa shape index (κ1) is 23.4. The van der Waals surface area contributed by atoms with Gasteiger partial charge >= 0.3 is 6.09 Å². The highest BCUT2D eigenvalue weighted by Crippen LogP contribution is 2.20. The zero-order valence-electron chi connectivity index (χ0n) is 17.7. The van der Waals surface area contributed by atoms with Crippen molar-refractivity contribution >= 4 is 45.2 Å². The molecule has 2 N–H and O–H groups in total. The summed E-state index contributed by atoms with van der Waals surface area (Å²) in [4.78, 5) is 38.3. The lowest BCUT2D eigenvalue weighted by Crippen LogP contribution is -2.35. The van der Waals surface area contributed by atoms with Crippen LogP contribution >= 0.6 is 15.9 Å². The molecule has 0 saturated carbocycles. The number of anilines is 2. The number of hydrogen-bond acceptors (Lipinski definition) is 4. The number of nitrogens with zero attached hydrogens (tertiary/aromatic N) is 1. The molecule has 7 nitrogen and oxygen atoms in total. The first-order valence-corrected chi connectivity index (χ1v) is 10.2. The molecule has 30 heavy (non-hydrogen) atoms. The SMILES string of the molecule is Cc1cc(Br)ccc1NC(=O)CN(C)C(=O)c1cccc(NC(=O)OC(C)(C)C)c1. The summed E-state index contributed by atoms with van der Waals surface area (Å²) >= 11 is 3.38. The van der Waals surface area contributed by atoms with E-state index in [1.807, 2.05) is 19.1 Å². The van der Waals surface area contributed by atoms with Crippen LogP contribution in [0.15, 0.2) is 46.9 Å². The van der Waals surface area contributed by atoms with Gasteiger partial charge in [-0.3, -0.25) is 14.9 Å². The maximum atomic E-state index is 12.7. The summed E-state index contributed by atoms with van der Waals surface area (Å²) in [6, 6.07) is 12.0. The second-order valence-corrected chi connectivity index (χ2v) is 8.79. The second kappa shape index (κ2) is 9.75. The first-order valence-electron chi connectivity index (χ1n) is 9.36. The van der Waals surface area contributed by atoms with Gasteiger partial charge in [0.1, 0.15) is 5.60 Å². The summed E-state index contributed by atoms with van der Waals surface area (Å²) in [7, 11) is 1.55. The van der Waals surface area contributed by atoms with E-state index in [2.05, 4.69) is 26.6 Å². The Labute approximate surface area is 184 Å². The van der Waals surface area contributed by atoms with Gasteiger partial charge in [-0.25, -0.2) is 4.79 Å². The molecule has 2 aromatic rings. The third kappa shape index (κ3) is 7.18. The quantitative estimate of drug-likeness (QED) is 0.648. The molecule has 3 amide bonds. The lowest BCUT2D eigenvalue weighted by atomic mass is 10.1. The number of ether oxygens (including phenoxy) is 1. The largest absolute Gasteiger partial charge is 0.444 e. The standard InChI is InChI=1S/C22H26BrN3O4/c1-14-11-16(23)9-10-18(14)25-19(27)13-26(5)20(28)15-7-6-8-17(12-15)24-21(29)30-22(2,3)4/h6-12H,13H2,1-5H3,(H,24,29)(H,25,27). The molecule has 0 spiro atoms. The topological polar surface area (TPSA) is 87.7 Å². The van der Waals surface area contributed by atoms with Gasteiger partial charge in [0.25, 0.3) is 5.91 Å². The van der Waals surface area contributed by atoms with E-state index in [0.717, 1.165) is 10.0 Å². The molecule has 0 aromatic heterocycles. The number of halogens is 1. The summed E-state index contributed by atoms with van der Waals surface area (Å²) in [6.07, 6.45) is -0.607. The van der Waals surface area contributed by atoms with Gasteiger partial charge in [0.05, 0.1) is 6.54 Å². The Bertz CT molecular complexity index is 954. The van der Waals surface area contributed by atoms with Crippen LogP contribution in [0.1, 0.15) is 36.7 Å². The van der Waals surface area contributed by atoms with Crippen molar-refractivity contribution in [3.05, 3.63) is 58.1 Å². The van der Waals surface area contributed by atoms with Crippen molar-refractivity contribution in [2.75, 3.05) is 24.2 Å². The normalized spacial score (nSPS) is 10.9. The van der Waals surface area contributed by atoms with E-state index in [-0.39, 0.29) is 18.4 Å². The number of amides is 3. The van der Waals surface area contributed by atoms with Crippen molar-refractivity contribution in [2.45, 2.75) is 33.3 Å². The molecular weight excluding hydrogens is 450 g/mol. The maximum absolute atomic E-state index is 12.7. The fourth-order valence-electron chi connectivity index (χ4n) is 2.62. The lowest BCUT2D eigenvalue weighted by Gasteiger charge is -2.20. The fourth-order valence-corrected chi connectivity index (χ4v) is 3.09. The first-order chi connectivity index (χ1) is 13.9. The number of hydrogen-bond donors (Lipinski definition) is 2. The smallest absolute Gasteiger partial charge is 0.412 e. The molecule has 0 bridgehead atoms. The van der Waals surface area contributed by atoms with Crippen molar-refractivity contribution in [1.29, 1.82) is 0 Å². The Balaban J connectivity index is 2.00. The third-order valence-electron chi connectivity index (χ3n) is 3.94. The predicted octanol–water partition coefficient (Wildman–Crippen LogP) is 4.82. The molecule has 160 valence electrons. The summed E-state index contributed by atoms with van der Waals surface area (Å²) in [6.45, 7) is 7.07. The molecule has 0 heterocycles. The number of rotatable bonds is 5. The van der Waals surface area contributed by atoms with Gasteiger partial charge in [0.2, 0.25) is 5.91 Å². The summed E-state index contributed by atoms with van der Waals surface area (Å²) < 4.78 is 6.14. The lowest BCUT2D eigenvalue weighted by molar-refractivity contribution is -0.116. The van der Waals surface area contributed by atoms with Gasteiger partial charge in [-0.1, -0.05) is 22.0 Å². The van der Waals surface area contributed by atoms with E-state index in [0.29, 0.717) is 16.9 Å². The van der Waals surface area contributed by atoms with Crippen LogP contribution in [0.2, 0.25) is 0 Å². The van der Waals surface area contributed by atoms with Gasteiger partial charge in [-0.05, 0) is 69.7 Å². The van der Waals surface area contributed by atoms with Gasteiger partial charge < -0.3 is 15.0 Å². The van der Waals surface area contributed by atoms with Crippen LogP contribution in [-0.4, -0.2) is 42.0 Å². The van der Waals surface area contributed by atoms with Gasteiger partial charge in [0.15, 0.2) is 0 Å². The molecule has 0 unspecified atom stereocenters. The second-order valence-electron chi connectivity index (χ2n) is 7.88. The van der Waals surface area contributed by atoms with Crippen LogP contribution in [-0.2, 0) is 9.53 Å². The number of benzene rings is 2. The molecular formula is C22H26BrN3O4. The Kier molecular flexibility index (Phi) is 7.61. The number of aryl methyl sites for hydroxylation is 1. The highest BCUT2D eigenvalue weighted by atomic mass is 79.9. The molecule has 0 aliphatic carbocycles. The van der Waals surface area contributed by atoms with Crippen LogP contribution in [0.25, 0.3) is 0 Å². The van der Waals surface area contributed by atoms with E-state index in [4.69, 9.17) is 4.74 Å². The summed E-state index contributed by atoms with van der Waals surface area (Å²) in [5, 5.41) is 5.41. The minimum absolute atomic E-state index is 0.113. The van der Waals surface area contributed by atoms with Crippen LogP contribution in [0.3, 0.4) is 0 Å². The van der Waals surface area contributed by atoms with Crippen LogP contribution < -0.4 is 10.6 Å². The van der Waals surface area contributed by atoms with Gasteiger partial charge in [-0.2, -0.15) is 0 Å². The number of carbonyl (C=O) groups is 3. The fraction of sp³-hybridized carbons (Fsp3) is 0.318. The molecule has 2 aromatic carbocycles. The van der Waals surface area contributed by atoms with E-state index < -0.39 is 11.7 Å². The van der Waals surface area contributed by atoms with Crippen LogP contribution in [0.5, 0.6) is 0 Å². The molecule has 0 fully saturated rings. The molecule has 0 aliphatic rings. The van der Waals surface area contributed by atoms with Crippen LogP contribution in [0.4, 0.5) is 16.2 Å². The van der Waals surface area contributed by atoms with Gasteiger partial charge in [-0.15, -0.1) is 0 Å². The zero-order valence-corrected chi connectivity index (χ0v) is 19.3. The average Bonchev–Trinajstić information content (AvgIpc) is 2.62. The summed E-state index contributed by atoms with van der Waals surface area (Å²) in [5.41, 5.74) is 1.75. The minimum atomic E-state index is -0.627. The van der Waals surface area contributed by atoms with Crippen molar-refractivity contribution in [3.8, 4) is 0 Å². The van der Waals surface area contributed by atoms with Crippen molar-refractivity contribution in [1.82, 2.24) is 4.90 Å². The molecule has 8 heteroatoms. The van der Waals surface area contributed by atoms with Crippen molar-refractivity contribution in [3.63, 3.8) is 0 Å². The summed E-state index contributed by atoms with van der Waals surface area (Å²) in [5.74, 6) is -0.648. The van der Waals surface area contributed by atoms with Crippen molar-refractivity contribution in [2.24, 2.45) is 0 Å². The molecule has 0 saturated heterocycles. The van der Waals surface area contributed by atoms with Crippen molar-refractivity contribution < 1.29 is 19.1 Å². The highest BCUT2D eigenvalue weighted by molar-refractivity contribution is 9.10. The van der Waals surface area contributed by atoms with E-state index >= 15 is 0 Å². The Hall–Kier alpha value is -2.87. The highest BCUT2D eigenvalue weighted by Gasteiger charge is 2.18. The Morgan fingerprint density at radius 3 is 2.40 bits per heavy atom. The third-order valence-corrected chi connectivity index (χ3v) is 4.44. The number of nitrogens with one attached hydrogen (secondary N) is 2. The van der Waals surface area contributed by atoms with Crippen LogP contribution in [0, 0.1) is 6.92 Å². The minimum Gasteiger partial charge on any atom is -0.444 e. The maximum Gasteiger partial charge on any atom is 0.412 e. The van der Waals surface area contributed by atoms with E-state index in [9.17, 15) is 14.4 Å². The molecule has 0 aliphatic heterocycles. The predicted molar refractivity (Wildman–Crippen MR) is 121 cm³/mol. The number of carbonyl (C=O) groups excluding carboxylic acids is 3. The van der Waals surface area contributed by atoms with E-state index in [1.54, 1.807) is 58.2 Å². The average molecular weight is 476 g/mol. The molecule has 0 atom stereocenters. The number of likely N-dealkylation sites (N-methyl/N-ethyl adjacent to an activating group) is 1. The Morgan fingerprint density at radius 1 is 1.07 bits per heavy atom. The van der Waals surface area contributed by atoms with E-state index in [1.165, 1.54) is 4.90 Å². The Morgan fingerprint density at radius 2 is 1.77 bits per heavy atom. The van der Waals surface area contributed by atoms with Gasteiger partial charge in [0, 0.05) is 28.5 Å². The molecule has 2 rings (SSSR count). The zero-order chi connectivity index (χ0) is 22.5.